The van der Waals surface area contributed by atoms with Gasteiger partial charge in [0.05, 0.1) is 12.1 Å². The van der Waals surface area contributed by atoms with E-state index in [4.69, 9.17) is 4.74 Å². The third-order valence-electron chi connectivity index (χ3n) is 2.06. The van der Waals surface area contributed by atoms with Crippen LogP contribution in [0.25, 0.3) is 10.9 Å². The van der Waals surface area contributed by atoms with Gasteiger partial charge in [-0.25, -0.2) is 4.79 Å². The molecule has 1 heterocycles. The maximum absolute atomic E-state index is 11.5. The van der Waals surface area contributed by atoms with Crippen molar-refractivity contribution < 1.29 is 34.3 Å². The molecular formula is C11H11Cl2MgNO2. The molecule has 0 spiro atoms. The largest absolute Gasteiger partial charge is 2.00 e. The molecule has 0 saturated carbocycles. The van der Waals surface area contributed by atoms with Crippen LogP contribution in [0.2, 0.25) is 0 Å². The monoisotopic (exact) mass is 283 g/mol. The van der Waals surface area contributed by atoms with E-state index in [0.29, 0.717) is 6.61 Å². The molecule has 0 saturated heterocycles. The van der Waals surface area contributed by atoms with E-state index in [9.17, 15) is 4.79 Å². The van der Waals surface area contributed by atoms with E-state index >= 15 is 0 Å². The Labute approximate surface area is 128 Å². The molecule has 0 amide bonds. The fourth-order valence-electron chi connectivity index (χ4n) is 1.44. The molecule has 1 aromatic carbocycles. The number of ether oxygens (including phenoxy) is 1. The van der Waals surface area contributed by atoms with E-state index in [0.717, 1.165) is 10.9 Å². The standard InChI is InChI=1S/C11H11NO2.2ClH.Mg/c1-2-14-11(13)12-8-7-9-5-3-4-6-10(9)12;;;/h3-8H,2H2,1H3;2*1H;/q;;;+2/p-2. The average molecular weight is 284 g/mol. The van der Waals surface area contributed by atoms with Crippen molar-refractivity contribution in [1.29, 1.82) is 0 Å². The molecule has 2 rings (SSSR count). The van der Waals surface area contributed by atoms with Crippen LogP contribution in [0.3, 0.4) is 0 Å². The minimum absolute atomic E-state index is 0. The molecule has 2 aromatic rings. The number of para-hydroxylation sites is 1. The topological polar surface area (TPSA) is 31.2 Å². The summed E-state index contributed by atoms with van der Waals surface area (Å²) in [5.41, 5.74) is 0.881. The van der Waals surface area contributed by atoms with Crippen molar-refractivity contribution in [2.45, 2.75) is 6.92 Å². The van der Waals surface area contributed by atoms with Crippen molar-refractivity contribution in [1.82, 2.24) is 4.57 Å². The summed E-state index contributed by atoms with van der Waals surface area (Å²) in [5, 5.41) is 1.04. The second kappa shape index (κ2) is 8.64. The molecule has 3 nitrogen and oxygen atoms in total. The van der Waals surface area contributed by atoms with Crippen LogP contribution in [0.1, 0.15) is 6.92 Å². The Kier molecular flexibility index (Phi) is 9.62. The SMILES string of the molecule is CCOC(=O)n1ccc2ccccc21.[Cl-].[Cl-].[Mg+2]. The van der Waals surface area contributed by atoms with Gasteiger partial charge < -0.3 is 29.6 Å². The van der Waals surface area contributed by atoms with E-state index < -0.39 is 0 Å². The van der Waals surface area contributed by atoms with Gasteiger partial charge in [0.2, 0.25) is 0 Å². The summed E-state index contributed by atoms with van der Waals surface area (Å²) in [6.45, 7) is 2.19. The van der Waals surface area contributed by atoms with Crippen molar-refractivity contribution in [3.05, 3.63) is 36.5 Å². The molecule has 0 radical (unpaired) electrons. The number of benzene rings is 1. The van der Waals surface area contributed by atoms with Crippen molar-refractivity contribution in [3.8, 4) is 0 Å². The molecular weight excluding hydrogens is 273 g/mol. The van der Waals surface area contributed by atoms with Gasteiger partial charge in [-0.15, -0.1) is 0 Å². The first-order valence-corrected chi connectivity index (χ1v) is 4.56. The molecule has 0 fully saturated rings. The predicted molar refractivity (Wildman–Crippen MR) is 60.1 cm³/mol. The van der Waals surface area contributed by atoms with Crippen LogP contribution in [0, 0.1) is 0 Å². The molecule has 17 heavy (non-hydrogen) atoms. The van der Waals surface area contributed by atoms with Gasteiger partial charge >= 0.3 is 29.1 Å². The zero-order chi connectivity index (χ0) is 9.97. The van der Waals surface area contributed by atoms with Crippen LogP contribution in [0.5, 0.6) is 0 Å². The number of halogens is 2. The minimum atomic E-state index is -0.325. The summed E-state index contributed by atoms with van der Waals surface area (Å²) in [6.07, 6.45) is 1.40. The van der Waals surface area contributed by atoms with Gasteiger partial charge in [0, 0.05) is 11.6 Å². The van der Waals surface area contributed by atoms with E-state index in [2.05, 4.69) is 0 Å². The van der Waals surface area contributed by atoms with Gasteiger partial charge in [-0.05, 0) is 19.1 Å². The first-order valence-electron chi connectivity index (χ1n) is 4.56. The number of carbonyl (C=O) groups is 1. The van der Waals surface area contributed by atoms with Gasteiger partial charge in [0.15, 0.2) is 0 Å². The summed E-state index contributed by atoms with van der Waals surface area (Å²) in [7, 11) is 0. The van der Waals surface area contributed by atoms with E-state index in [-0.39, 0.29) is 54.0 Å². The van der Waals surface area contributed by atoms with Gasteiger partial charge in [-0.3, -0.25) is 4.57 Å². The minimum Gasteiger partial charge on any atom is -1.00 e. The van der Waals surface area contributed by atoms with Crippen molar-refractivity contribution in [2.75, 3.05) is 6.61 Å². The molecule has 0 atom stereocenters. The van der Waals surface area contributed by atoms with Crippen LogP contribution in [0.4, 0.5) is 4.79 Å². The average Bonchev–Trinajstić information content (AvgIpc) is 2.61. The number of carbonyl (C=O) groups excluding carboxylic acids is 1. The second-order valence-electron chi connectivity index (χ2n) is 2.94. The van der Waals surface area contributed by atoms with E-state index in [1.54, 1.807) is 13.1 Å². The van der Waals surface area contributed by atoms with Crippen LogP contribution in [-0.4, -0.2) is 40.3 Å². The Morgan fingerprint density at radius 3 is 2.53 bits per heavy atom. The Balaban J connectivity index is 0. The first-order chi connectivity index (χ1) is 6.83. The molecule has 0 aliphatic heterocycles. The number of aromatic nitrogens is 1. The maximum Gasteiger partial charge on any atom is 2.00 e. The third-order valence-corrected chi connectivity index (χ3v) is 2.06. The van der Waals surface area contributed by atoms with Crippen LogP contribution < -0.4 is 24.8 Å². The smallest absolute Gasteiger partial charge is 1.00 e. The van der Waals surface area contributed by atoms with Crippen molar-refractivity contribution in [3.63, 3.8) is 0 Å². The summed E-state index contributed by atoms with van der Waals surface area (Å²) >= 11 is 0. The Morgan fingerprint density at radius 2 is 1.88 bits per heavy atom. The Hall–Kier alpha value is -0.424. The molecule has 6 heteroatoms. The fraction of sp³-hybridized carbons (Fsp3) is 0.182. The number of nitrogens with zero attached hydrogens (tertiary/aromatic N) is 1. The Bertz CT molecular complexity index is 473. The van der Waals surface area contributed by atoms with Crippen molar-refractivity contribution >= 4 is 40.0 Å². The van der Waals surface area contributed by atoms with Gasteiger partial charge in [0.25, 0.3) is 0 Å². The summed E-state index contributed by atoms with van der Waals surface area (Å²) < 4.78 is 6.43. The molecule has 0 aliphatic rings. The van der Waals surface area contributed by atoms with E-state index in [1.165, 1.54) is 4.57 Å². The van der Waals surface area contributed by atoms with E-state index in [1.807, 2.05) is 30.3 Å². The van der Waals surface area contributed by atoms with Gasteiger partial charge in [0.1, 0.15) is 0 Å². The number of hydrogen-bond donors (Lipinski definition) is 0. The van der Waals surface area contributed by atoms with Gasteiger partial charge in [-0.2, -0.15) is 0 Å². The number of rotatable bonds is 1. The molecule has 0 aliphatic carbocycles. The van der Waals surface area contributed by atoms with Gasteiger partial charge in [-0.1, -0.05) is 18.2 Å². The number of fused-ring (bicyclic) bond motifs is 1. The van der Waals surface area contributed by atoms with Crippen LogP contribution >= 0.6 is 0 Å². The van der Waals surface area contributed by atoms with Crippen molar-refractivity contribution in [2.24, 2.45) is 0 Å². The van der Waals surface area contributed by atoms with Crippen LogP contribution in [0.15, 0.2) is 36.5 Å². The Morgan fingerprint density at radius 1 is 1.24 bits per heavy atom. The molecule has 0 unspecified atom stereocenters. The zero-order valence-electron chi connectivity index (χ0n) is 9.40. The number of hydrogen-bond acceptors (Lipinski definition) is 2. The molecule has 1 aromatic heterocycles. The van der Waals surface area contributed by atoms with Crippen LogP contribution in [-0.2, 0) is 4.74 Å². The summed E-state index contributed by atoms with van der Waals surface area (Å²) in [4.78, 5) is 11.5. The summed E-state index contributed by atoms with van der Waals surface area (Å²) in [6, 6.07) is 9.60. The maximum atomic E-state index is 11.5. The second-order valence-corrected chi connectivity index (χ2v) is 2.94. The fourth-order valence-corrected chi connectivity index (χ4v) is 1.44. The third kappa shape index (κ3) is 4.06. The zero-order valence-corrected chi connectivity index (χ0v) is 12.3. The molecule has 0 N–H and O–H groups in total. The molecule has 88 valence electrons. The normalized spacial score (nSPS) is 8.53. The predicted octanol–water partition coefficient (Wildman–Crippen LogP) is -3.73. The summed E-state index contributed by atoms with van der Waals surface area (Å²) in [5.74, 6) is 0. The first kappa shape index (κ1) is 18.9. The quantitative estimate of drug-likeness (QED) is 0.504. The molecule has 0 bridgehead atoms.